The molecule has 0 aromatic heterocycles. The van der Waals surface area contributed by atoms with Gasteiger partial charge < -0.3 is 0 Å². The first kappa shape index (κ1) is 5.77. The Bertz CT molecular complexity index is 249. The average Bonchev–Trinajstić information content (AvgIpc) is 1.88. The van der Waals surface area contributed by atoms with Gasteiger partial charge in [-0.2, -0.15) is 5.26 Å². The minimum Gasteiger partial charge on any atom is -0.207 e. The zero-order chi connectivity index (χ0) is 6.69. The Labute approximate surface area is 52.4 Å². The van der Waals surface area contributed by atoms with Crippen LogP contribution < -0.4 is 0 Å². The average molecular weight is 120 g/mol. The molecule has 0 atom stereocenters. The van der Waals surface area contributed by atoms with Crippen molar-refractivity contribution in [3.63, 3.8) is 0 Å². The first-order chi connectivity index (χ1) is 4.33. The molecule has 0 saturated carbocycles. The molecule has 0 heterocycles. The quantitative estimate of drug-likeness (QED) is 0.509. The Kier molecular flexibility index (Phi) is 1.46. The van der Waals surface area contributed by atoms with Gasteiger partial charge in [0.25, 0.3) is 0 Å². The van der Waals surface area contributed by atoms with Gasteiger partial charge in [-0.15, -0.1) is 0 Å². The smallest absolute Gasteiger partial charge is 0.124 e. The maximum absolute atomic E-state index is 12.2. The number of hydrogen-bond acceptors (Lipinski definition) is 1. The number of nitrogens with zero attached hydrogens (tertiary/aromatic N) is 1. The second-order valence-corrected chi connectivity index (χ2v) is 1.53. The molecular formula is C7H3FN. The molecule has 0 spiro atoms. The molecule has 0 saturated heterocycles. The van der Waals surface area contributed by atoms with Gasteiger partial charge in [-0.1, -0.05) is 6.07 Å². The Morgan fingerprint density at radius 1 is 1.67 bits per heavy atom. The van der Waals surface area contributed by atoms with E-state index in [1.165, 1.54) is 12.1 Å². The molecule has 0 aliphatic heterocycles. The van der Waals surface area contributed by atoms with Crippen LogP contribution in [0.2, 0.25) is 0 Å². The fraction of sp³-hybridized carbons (Fsp3) is 0. The summed E-state index contributed by atoms with van der Waals surface area (Å²) in [6, 6.07) is 8.10. The number of rotatable bonds is 0. The predicted molar refractivity (Wildman–Crippen MR) is 30.0 cm³/mol. The van der Waals surface area contributed by atoms with E-state index < -0.39 is 5.82 Å². The lowest BCUT2D eigenvalue weighted by atomic mass is 10.2. The molecule has 43 valence electrons. The molecule has 2 heteroatoms. The topological polar surface area (TPSA) is 23.8 Å². The summed E-state index contributed by atoms with van der Waals surface area (Å²) in [4.78, 5) is 0. The highest BCUT2D eigenvalue weighted by molar-refractivity contribution is 5.26. The van der Waals surface area contributed by atoms with E-state index in [2.05, 4.69) is 6.07 Å². The Morgan fingerprint density at radius 3 is 2.89 bits per heavy atom. The molecule has 0 aliphatic carbocycles. The van der Waals surface area contributed by atoms with Gasteiger partial charge in [0.2, 0.25) is 0 Å². The van der Waals surface area contributed by atoms with Gasteiger partial charge in [-0.25, -0.2) is 4.39 Å². The van der Waals surface area contributed by atoms with Gasteiger partial charge in [0, 0.05) is 6.07 Å². The first-order valence-corrected chi connectivity index (χ1v) is 2.40. The lowest BCUT2D eigenvalue weighted by Gasteiger charge is -1.84. The third kappa shape index (κ3) is 1.26. The Balaban J connectivity index is 3.12. The molecule has 1 rings (SSSR count). The minimum atomic E-state index is -0.398. The SMILES string of the molecule is N#Cc1[c]ccc(F)c1. The summed E-state index contributed by atoms with van der Waals surface area (Å²) < 4.78 is 12.2. The number of hydrogen-bond donors (Lipinski definition) is 0. The number of benzene rings is 1. The third-order valence-corrected chi connectivity index (χ3v) is 0.884. The van der Waals surface area contributed by atoms with Gasteiger partial charge in [-0.3, -0.25) is 0 Å². The summed E-state index contributed by atoms with van der Waals surface area (Å²) in [5.41, 5.74) is 0.231. The molecule has 0 amide bonds. The summed E-state index contributed by atoms with van der Waals surface area (Å²) in [5.74, 6) is -0.398. The van der Waals surface area contributed by atoms with E-state index in [0.29, 0.717) is 0 Å². The maximum Gasteiger partial charge on any atom is 0.124 e. The molecule has 0 N–H and O–H groups in total. The molecule has 1 nitrogen and oxygen atoms in total. The molecule has 9 heavy (non-hydrogen) atoms. The van der Waals surface area contributed by atoms with E-state index in [0.717, 1.165) is 6.07 Å². The van der Waals surface area contributed by atoms with Gasteiger partial charge in [0.15, 0.2) is 0 Å². The molecule has 0 aliphatic rings. The van der Waals surface area contributed by atoms with E-state index in [-0.39, 0.29) is 5.56 Å². The molecule has 0 fully saturated rings. The van der Waals surface area contributed by atoms with Crippen LogP contribution in [0.1, 0.15) is 5.56 Å². The fourth-order valence-electron chi connectivity index (χ4n) is 0.503. The zero-order valence-corrected chi connectivity index (χ0v) is 4.56. The molecular weight excluding hydrogens is 117 g/mol. The molecule has 0 unspecified atom stereocenters. The number of halogens is 1. The third-order valence-electron chi connectivity index (χ3n) is 0.884. The van der Waals surface area contributed by atoms with Crippen LogP contribution in [0, 0.1) is 23.2 Å². The van der Waals surface area contributed by atoms with Crippen LogP contribution in [0.25, 0.3) is 0 Å². The van der Waals surface area contributed by atoms with Gasteiger partial charge >= 0.3 is 0 Å². The van der Waals surface area contributed by atoms with Crippen LogP contribution in [0.5, 0.6) is 0 Å². The van der Waals surface area contributed by atoms with Crippen molar-refractivity contribution in [2.24, 2.45) is 0 Å². The highest BCUT2D eigenvalue weighted by Gasteiger charge is 1.90. The van der Waals surface area contributed by atoms with E-state index in [1.54, 1.807) is 6.07 Å². The van der Waals surface area contributed by atoms with Crippen LogP contribution in [-0.2, 0) is 0 Å². The van der Waals surface area contributed by atoms with Crippen molar-refractivity contribution < 1.29 is 4.39 Å². The summed E-state index contributed by atoms with van der Waals surface area (Å²) in [5, 5.41) is 8.21. The Morgan fingerprint density at radius 2 is 2.44 bits per heavy atom. The van der Waals surface area contributed by atoms with E-state index in [1.807, 2.05) is 0 Å². The van der Waals surface area contributed by atoms with Crippen molar-refractivity contribution in [3.05, 3.63) is 35.6 Å². The largest absolute Gasteiger partial charge is 0.207 e. The lowest BCUT2D eigenvalue weighted by Crippen LogP contribution is -1.75. The van der Waals surface area contributed by atoms with E-state index >= 15 is 0 Å². The molecule has 0 bridgehead atoms. The summed E-state index contributed by atoms with van der Waals surface area (Å²) in [6.45, 7) is 0. The second-order valence-electron chi connectivity index (χ2n) is 1.53. The normalized spacial score (nSPS) is 8.44. The lowest BCUT2D eigenvalue weighted by molar-refractivity contribution is 0.627. The van der Waals surface area contributed by atoms with Gasteiger partial charge in [0.1, 0.15) is 5.82 Å². The van der Waals surface area contributed by atoms with Gasteiger partial charge in [-0.05, 0) is 12.1 Å². The standard InChI is InChI=1S/C7H3FN/c8-7-3-1-2-6(4-7)5-9/h1,3-4H. The fourth-order valence-corrected chi connectivity index (χ4v) is 0.503. The highest BCUT2D eigenvalue weighted by Crippen LogP contribution is 1.99. The van der Waals surface area contributed by atoms with Crippen molar-refractivity contribution in [2.45, 2.75) is 0 Å². The second kappa shape index (κ2) is 2.27. The van der Waals surface area contributed by atoms with Crippen molar-refractivity contribution in [3.8, 4) is 6.07 Å². The predicted octanol–water partition coefficient (Wildman–Crippen LogP) is 1.50. The van der Waals surface area contributed by atoms with Crippen LogP contribution in [0.15, 0.2) is 18.2 Å². The van der Waals surface area contributed by atoms with Crippen LogP contribution in [0.3, 0.4) is 0 Å². The van der Waals surface area contributed by atoms with E-state index in [9.17, 15) is 4.39 Å². The monoisotopic (exact) mass is 120 g/mol. The summed E-state index contributed by atoms with van der Waals surface area (Å²) >= 11 is 0. The Hall–Kier alpha value is -1.36. The van der Waals surface area contributed by atoms with Gasteiger partial charge in [0.05, 0.1) is 11.6 Å². The summed E-state index contributed by atoms with van der Waals surface area (Å²) in [6.07, 6.45) is 0. The molecule has 1 radical (unpaired) electrons. The van der Waals surface area contributed by atoms with Crippen molar-refractivity contribution in [1.82, 2.24) is 0 Å². The van der Waals surface area contributed by atoms with Crippen LogP contribution in [-0.4, -0.2) is 0 Å². The number of nitriles is 1. The maximum atomic E-state index is 12.2. The van der Waals surface area contributed by atoms with E-state index in [4.69, 9.17) is 5.26 Å². The van der Waals surface area contributed by atoms with Crippen LogP contribution >= 0.6 is 0 Å². The zero-order valence-electron chi connectivity index (χ0n) is 4.56. The minimum absolute atomic E-state index is 0.231. The highest BCUT2D eigenvalue weighted by atomic mass is 19.1. The van der Waals surface area contributed by atoms with Crippen molar-refractivity contribution in [2.75, 3.05) is 0 Å². The van der Waals surface area contributed by atoms with Crippen molar-refractivity contribution >= 4 is 0 Å². The van der Waals surface area contributed by atoms with Crippen LogP contribution in [0.4, 0.5) is 4.39 Å². The first-order valence-electron chi connectivity index (χ1n) is 2.40. The summed E-state index contributed by atoms with van der Waals surface area (Å²) in [7, 11) is 0. The molecule has 1 aromatic rings. The molecule has 1 aromatic carbocycles. The van der Waals surface area contributed by atoms with Crippen molar-refractivity contribution in [1.29, 1.82) is 5.26 Å².